The number of nitrogens with zero attached hydrogens (tertiary/aromatic N) is 2. The van der Waals surface area contributed by atoms with E-state index in [4.69, 9.17) is 0 Å². The van der Waals surface area contributed by atoms with Crippen molar-refractivity contribution in [2.75, 3.05) is 0 Å². The molecule has 0 saturated carbocycles. The van der Waals surface area contributed by atoms with Crippen LogP contribution < -0.4 is 0 Å². The van der Waals surface area contributed by atoms with Crippen LogP contribution in [0.25, 0.3) is 33.2 Å². The molecule has 1 aliphatic heterocycles. The molecule has 1 aliphatic rings. The number of rotatable bonds is 3. The number of hydrogen-bond acceptors (Lipinski definition) is 0. The molecule has 1 aromatic heterocycles. The van der Waals surface area contributed by atoms with Gasteiger partial charge in [-0.25, -0.2) is 0 Å². The third-order valence-electron chi connectivity index (χ3n) is 5.88. The molecule has 2 nitrogen and oxygen atoms in total. The molecule has 0 fully saturated rings. The van der Waals surface area contributed by atoms with Gasteiger partial charge in [0, 0.05) is 23.7 Å². The van der Waals surface area contributed by atoms with Gasteiger partial charge >= 0.3 is 0 Å². The number of benzene rings is 4. The molecule has 142 valence electrons. The number of para-hydroxylation sites is 1. The molecular formula is C28H21N2+. The molecule has 0 saturated heterocycles. The zero-order chi connectivity index (χ0) is 19.9. The second-order valence-electron chi connectivity index (χ2n) is 7.81. The molecule has 2 heteroatoms. The summed E-state index contributed by atoms with van der Waals surface area (Å²) in [5, 5.41) is 1.30. The van der Waals surface area contributed by atoms with Gasteiger partial charge in [0.1, 0.15) is 0 Å². The Morgan fingerprint density at radius 1 is 0.600 bits per heavy atom. The summed E-state index contributed by atoms with van der Waals surface area (Å²) in [6.07, 6.45) is 4.47. The molecular weight excluding hydrogens is 364 g/mol. The van der Waals surface area contributed by atoms with Gasteiger partial charge in [-0.2, -0.15) is 4.58 Å². The van der Waals surface area contributed by atoms with E-state index < -0.39 is 0 Å². The van der Waals surface area contributed by atoms with Crippen molar-refractivity contribution in [3.8, 4) is 22.3 Å². The molecule has 0 unspecified atom stereocenters. The Morgan fingerprint density at radius 2 is 1.27 bits per heavy atom. The minimum atomic E-state index is 0.812. The van der Waals surface area contributed by atoms with Crippen molar-refractivity contribution in [2.45, 2.75) is 6.67 Å². The molecule has 0 spiro atoms. The topological polar surface area (TPSA) is 7.94 Å². The van der Waals surface area contributed by atoms with E-state index in [1.807, 2.05) is 0 Å². The normalized spacial score (nSPS) is 12.7. The summed E-state index contributed by atoms with van der Waals surface area (Å²) < 4.78 is 4.68. The van der Waals surface area contributed by atoms with Crippen LogP contribution in [0.2, 0.25) is 0 Å². The van der Waals surface area contributed by atoms with E-state index in [1.165, 1.54) is 44.4 Å². The van der Waals surface area contributed by atoms with Gasteiger partial charge in [0.05, 0.1) is 11.1 Å². The smallest absolute Gasteiger partial charge is 0.228 e. The van der Waals surface area contributed by atoms with Gasteiger partial charge in [0.15, 0.2) is 6.21 Å². The minimum absolute atomic E-state index is 0.812. The van der Waals surface area contributed by atoms with Crippen molar-refractivity contribution in [3.05, 3.63) is 115 Å². The third-order valence-corrected chi connectivity index (χ3v) is 5.88. The van der Waals surface area contributed by atoms with E-state index in [2.05, 4.69) is 125 Å². The summed E-state index contributed by atoms with van der Waals surface area (Å²) >= 11 is 0. The number of hydrogen-bond donors (Lipinski definition) is 0. The molecule has 2 heterocycles. The van der Waals surface area contributed by atoms with Gasteiger partial charge in [-0.15, -0.1) is 0 Å². The molecule has 6 rings (SSSR count). The van der Waals surface area contributed by atoms with Gasteiger partial charge < -0.3 is 0 Å². The maximum atomic E-state index is 2.35. The Morgan fingerprint density at radius 3 is 1.93 bits per heavy atom. The van der Waals surface area contributed by atoms with Crippen molar-refractivity contribution in [2.24, 2.45) is 0 Å². The zero-order valence-electron chi connectivity index (χ0n) is 16.6. The van der Waals surface area contributed by atoms with Crippen molar-refractivity contribution in [1.82, 2.24) is 4.57 Å². The molecule has 5 aromatic rings. The molecule has 0 radical (unpaired) electrons. The quantitative estimate of drug-likeness (QED) is 0.305. The Bertz CT molecular complexity index is 1340. The highest BCUT2D eigenvalue weighted by molar-refractivity contribution is 5.97. The van der Waals surface area contributed by atoms with Crippen LogP contribution in [-0.2, 0) is 6.67 Å². The molecule has 30 heavy (non-hydrogen) atoms. The van der Waals surface area contributed by atoms with Crippen molar-refractivity contribution < 1.29 is 4.58 Å². The summed E-state index contributed by atoms with van der Waals surface area (Å²) in [7, 11) is 0. The van der Waals surface area contributed by atoms with Crippen LogP contribution in [0.3, 0.4) is 0 Å². The van der Waals surface area contributed by atoms with E-state index in [0.29, 0.717) is 0 Å². The lowest BCUT2D eigenvalue weighted by molar-refractivity contribution is -0.471. The maximum Gasteiger partial charge on any atom is 0.228 e. The minimum Gasteiger partial charge on any atom is -0.291 e. The summed E-state index contributed by atoms with van der Waals surface area (Å²) in [6.45, 7) is 0.812. The maximum absolute atomic E-state index is 2.35. The van der Waals surface area contributed by atoms with E-state index >= 15 is 0 Å². The lowest BCUT2D eigenvalue weighted by Gasteiger charge is -2.14. The van der Waals surface area contributed by atoms with Crippen LogP contribution in [0.4, 0.5) is 5.69 Å². The summed E-state index contributed by atoms with van der Waals surface area (Å²) in [6, 6.07) is 36.9. The van der Waals surface area contributed by atoms with Crippen LogP contribution in [0, 0.1) is 0 Å². The lowest BCUT2D eigenvalue weighted by atomic mass is 9.98. The van der Waals surface area contributed by atoms with E-state index in [1.54, 1.807) is 0 Å². The Labute approximate surface area is 176 Å². The monoisotopic (exact) mass is 385 g/mol. The first-order valence-corrected chi connectivity index (χ1v) is 10.3. The average Bonchev–Trinajstić information content (AvgIpc) is 3.24. The predicted molar refractivity (Wildman–Crippen MR) is 124 cm³/mol. The van der Waals surface area contributed by atoms with E-state index in [-0.39, 0.29) is 0 Å². The highest BCUT2D eigenvalue weighted by Crippen LogP contribution is 2.33. The molecule has 0 aliphatic carbocycles. The van der Waals surface area contributed by atoms with Crippen LogP contribution in [-0.4, -0.2) is 15.4 Å². The van der Waals surface area contributed by atoms with Gasteiger partial charge in [-0.05, 0) is 40.5 Å². The van der Waals surface area contributed by atoms with Gasteiger partial charge in [-0.1, -0.05) is 72.8 Å². The predicted octanol–water partition coefficient (Wildman–Crippen LogP) is 6.71. The first-order valence-electron chi connectivity index (χ1n) is 10.3. The highest BCUT2D eigenvalue weighted by Gasteiger charge is 2.21. The molecule has 0 N–H and O–H groups in total. The SMILES string of the molecule is C1=[N+](c2cc(-c3ccccc3)cc(-c3ccccc3)c2)Cn2ccc3cccc1c32. The zero-order valence-corrected chi connectivity index (χ0v) is 16.6. The third kappa shape index (κ3) is 2.85. The summed E-state index contributed by atoms with van der Waals surface area (Å²) in [5.74, 6) is 0. The average molecular weight is 385 g/mol. The second-order valence-corrected chi connectivity index (χ2v) is 7.81. The van der Waals surface area contributed by atoms with Crippen LogP contribution in [0.5, 0.6) is 0 Å². The summed E-state index contributed by atoms with van der Waals surface area (Å²) in [4.78, 5) is 0. The first kappa shape index (κ1) is 17.0. The van der Waals surface area contributed by atoms with Gasteiger partial charge in [-0.3, -0.25) is 4.57 Å². The van der Waals surface area contributed by atoms with Gasteiger partial charge in [0.25, 0.3) is 0 Å². The largest absolute Gasteiger partial charge is 0.291 e. The fourth-order valence-electron chi connectivity index (χ4n) is 4.41. The number of aromatic nitrogens is 1. The first-order chi connectivity index (χ1) is 14.8. The Hall–Kier alpha value is -3.91. The standard InChI is InChI=1S/C28H21N2/c1-3-8-21(9-4-1)25-16-26(22-10-5-2-6-11-22)18-27(17-25)30-19-24-13-7-12-23-14-15-29(20-30)28(23)24/h1-19H,20H2/q+1. The van der Waals surface area contributed by atoms with Crippen LogP contribution >= 0.6 is 0 Å². The van der Waals surface area contributed by atoms with E-state index in [0.717, 1.165) is 6.67 Å². The van der Waals surface area contributed by atoms with Gasteiger partial charge in [0.2, 0.25) is 12.4 Å². The second kappa shape index (κ2) is 6.85. The van der Waals surface area contributed by atoms with Crippen LogP contribution in [0.1, 0.15) is 5.56 Å². The van der Waals surface area contributed by atoms with E-state index in [9.17, 15) is 0 Å². The van der Waals surface area contributed by atoms with Crippen LogP contribution in [0.15, 0.2) is 109 Å². The molecule has 4 aromatic carbocycles. The Balaban J connectivity index is 1.54. The molecule has 0 amide bonds. The van der Waals surface area contributed by atoms with Crippen molar-refractivity contribution >= 4 is 22.8 Å². The Kier molecular flexibility index (Phi) is 3.88. The fraction of sp³-hybridized carbons (Fsp3) is 0.0357. The van der Waals surface area contributed by atoms with Crippen molar-refractivity contribution in [3.63, 3.8) is 0 Å². The summed E-state index contributed by atoms with van der Waals surface area (Å²) in [5.41, 5.74) is 8.71. The highest BCUT2D eigenvalue weighted by atomic mass is 15.2. The fourth-order valence-corrected chi connectivity index (χ4v) is 4.41. The molecule has 0 atom stereocenters. The van der Waals surface area contributed by atoms with Crippen molar-refractivity contribution in [1.29, 1.82) is 0 Å². The lowest BCUT2D eigenvalue weighted by Crippen LogP contribution is -2.18. The molecule has 0 bridgehead atoms.